The van der Waals surface area contributed by atoms with E-state index in [9.17, 15) is 8.42 Å². The van der Waals surface area contributed by atoms with Crippen molar-refractivity contribution in [1.29, 1.82) is 0 Å². The molecule has 7 heteroatoms. The molecule has 0 aliphatic carbocycles. The summed E-state index contributed by atoms with van der Waals surface area (Å²) in [6, 6.07) is 0. The van der Waals surface area contributed by atoms with E-state index < -0.39 is 9.84 Å². The molecule has 1 atom stereocenters. The van der Waals surface area contributed by atoms with Crippen molar-refractivity contribution < 1.29 is 8.42 Å². The van der Waals surface area contributed by atoms with Gasteiger partial charge in [0.1, 0.15) is 5.51 Å². The van der Waals surface area contributed by atoms with Crippen molar-refractivity contribution in [2.45, 2.75) is 16.0 Å². The van der Waals surface area contributed by atoms with E-state index in [4.69, 9.17) is 0 Å². The molecular weight excluding hydrogens is 228 g/mol. The first kappa shape index (κ1) is 9.42. The molecular formula is C6H8N2O2S3. The van der Waals surface area contributed by atoms with Gasteiger partial charge in [0, 0.05) is 5.25 Å². The Morgan fingerprint density at radius 3 is 3.00 bits per heavy atom. The normalized spacial score (nSPS) is 26.3. The van der Waals surface area contributed by atoms with E-state index in [2.05, 4.69) is 10.2 Å². The molecule has 1 aromatic heterocycles. The van der Waals surface area contributed by atoms with Crippen LogP contribution in [0.1, 0.15) is 6.42 Å². The first-order valence-electron chi connectivity index (χ1n) is 3.79. The Balaban J connectivity index is 1.99. The molecule has 0 spiro atoms. The molecule has 1 aliphatic rings. The lowest BCUT2D eigenvalue weighted by atomic mass is 10.4. The van der Waals surface area contributed by atoms with Gasteiger partial charge in [0.25, 0.3) is 0 Å². The largest absolute Gasteiger partial charge is 0.229 e. The van der Waals surface area contributed by atoms with Crippen LogP contribution in [-0.2, 0) is 9.84 Å². The lowest BCUT2D eigenvalue weighted by Gasteiger charge is -2.01. The van der Waals surface area contributed by atoms with E-state index in [0.717, 1.165) is 10.8 Å². The van der Waals surface area contributed by atoms with Crippen LogP contribution in [0.4, 0.5) is 0 Å². The molecule has 1 unspecified atom stereocenters. The predicted octanol–water partition coefficient (Wildman–Crippen LogP) is 0.817. The van der Waals surface area contributed by atoms with Crippen LogP contribution in [0.25, 0.3) is 0 Å². The molecule has 2 heterocycles. The summed E-state index contributed by atoms with van der Waals surface area (Å²) in [6.07, 6.45) is 0.743. The van der Waals surface area contributed by atoms with E-state index in [1.54, 1.807) is 5.51 Å². The van der Waals surface area contributed by atoms with Gasteiger partial charge in [-0.15, -0.1) is 10.2 Å². The highest BCUT2D eigenvalue weighted by molar-refractivity contribution is 8.03. The Bertz CT molecular complexity index is 373. The van der Waals surface area contributed by atoms with Gasteiger partial charge in [0.15, 0.2) is 14.2 Å². The number of aromatic nitrogens is 2. The maximum absolute atomic E-state index is 11.1. The lowest BCUT2D eigenvalue weighted by molar-refractivity contribution is 0.602. The first-order chi connectivity index (χ1) is 6.16. The third kappa shape index (κ3) is 2.41. The minimum Gasteiger partial charge on any atom is -0.229 e. The second kappa shape index (κ2) is 3.55. The summed E-state index contributed by atoms with van der Waals surface area (Å²) in [5.74, 6) is 0.612. The molecule has 2 rings (SSSR count). The summed E-state index contributed by atoms with van der Waals surface area (Å²) in [4.78, 5) is 0. The zero-order valence-corrected chi connectivity index (χ0v) is 9.16. The highest BCUT2D eigenvalue weighted by Gasteiger charge is 2.29. The van der Waals surface area contributed by atoms with Crippen molar-refractivity contribution in [3.63, 3.8) is 0 Å². The molecule has 72 valence electrons. The van der Waals surface area contributed by atoms with Crippen LogP contribution >= 0.6 is 23.1 Å². The lowest BCUT2D eigenvalue weighted by Crippen LogP contribution is -2.05. The minimum absolute atomic E-state index is 0.179. The van der Waals surface area contributed by atoms with Crippen LogP contribution in [0.5, 0.6) is 0 Å². The third-order valence-electron chi connectivity index (χ3n) is 1.80. The van der Waals surface area contributed by atoms with Crippen molar-refractivity contribution >= 4 is 32.9 Å². The second-order valence-corrected chi connectivity index (χ2v) is 7.46. The Kier molecular flexibility index (Phi) is 2.57. The van der Waals surface area contributed by atoms with Crippen LogP contribution in [0.3, 0.4) is 0 Å². The summed E-state index contributed by atoms with van der Waals surface area (Å²) >= 11 is 2.98. The van der Waals surface area contributed by atoms with E-state index in [-0.39, 0.29) is 11.0 Å². The van der Waals surface area contributed by atoms with Crippen LogP contribution in [0.2, 0.25) is 0 Å². The third-order valence-corrected chi connectivity index (χ3v) is 5.86. The Morgan fingerprint density at radius 1 is 1.62 bits per heavy atom. The van der Waals surface area contributed by atoms with Gasteiger partial charge in [0.05, 0.1) is 11.5 Å². The summed E-state index contributed by atoms with van der Waals surface area (Å²) in [6.45, 7) is 0. The maximum atomic E-state index is 11.1. The van der Waals surface area contributed by atoms with Crippen molar-refractivity contribution in [2.24, 2.45) is 0 Å². The predicted molar refractivity (Wildman–Crippen MR) is 52.8 cm³/mol. The van der Waals surface area contributed by atoms with Crippen LogP contribution < -0.4 is 0 Å². The molecule has 0 saturated carbocycles. The number of rotatable bonds is 2. The number of hydrogen-bond donors (Lipinski definition) is 0. The molecule has 4 nitrogen and oxygen atoms in total. The molecule has 13 heavy (non-hydrogen) atoms. The highest BCUT2D eigenvalue weighted by atomic mass is 32.2. The molecule has 1 fully saturated rings. The summed E-state index contributed by atoms with van der Waals surface area (Å²) < 4.78 is 23.1. The standard InChI is InChI=1S/C6H8N2O2S3/c9-13(10)2-1-5(3-13)12-6-8-7-4-11-6/h4-5H,1-3H2. The molecule has 1 saturated heterocycles. The molecule has 0 aromatic carbocycles. The molecule has 1 aliphatic heterocycles. The number of hydrogen-bond acceptors (Lipinski definition) is 6. The van der Waals surface area contributed by atoms with Crippen molar-refractivity contribution in [2.75, 3.05) is 11.5 Å². The molecule has 0 N–H and O–H groups in total. The van der Waals surface area contributed by atoms with Gasteiger partial charge in [-0.1, -0.05) is 23.1 Å². The SMILES string of the molecule is O=S1(=O)CCC(Sc2nncs2)C1. The number of sulfone groups is 1. The van der Waals surface area contributed by atoms with Crippen LogP contribution in [0, 0.1) is 0 Å². The fourth-order valence-electron chi connectivity index (χ4n) is 1.21. The quantitative estimate of drug-likeness (QED) is 0.760. The highest BCUT2D eigenvalue weighted by Crippen LogP contribution is 2.31. The van der Waals surface area contributed by atoms with Gasteiger partial charge in [0.2, 0.25) is 0 Å². The zero-order chi connectivity index (χ0) is 9.31. The first-order valence-corrected chi connectivity index (χ1v) is 7.37. The van der Waals surface area contributed by atoms with Crippen molar-refractivity contribution in [1.82, 2.24) is 10.2 Å². The van der Waals surface area contributed by atoms with E-state index in [0.29, 0.717) is 5.75 Å². The summed E-state index contributed by atoms with van der Waals surface area (Å²) in [7, 11) is -2.76. The van der Waals surface area contributed by atoms with Gasteiger partial charge in [-0.25, -0.2) is 8.42 Å². The monoisotopic (exact) mass is 236 g/mol. The Labute approximate surface area is 84.7 Å². The second-order valence-electron chi connectivity index (χ2n) is 2.85. The van der Waals surface area contributed by atoms with Gasteiger partial charge < -0.3 is 0 Å². The minimum atomic E-state index is -2.76. The number of nitrogens with zero attached hydrogens (tertiary/aromatic N) is 2. The summed E-state index contributed by atoms with van der Waals surface area (Å²) in [5, 5.41) is 7.74. The molecule has 0 radical (unpaired) electrons. The molecule has 1 aromatic rings. The summed E-state index contributed by atoms with van der Waals surface area (Å²) in [5.41, 5.74) is 1.66. The van der Waals surface area contributed by atoms with Gasteiger partial charge in [-0.3, -0.25) is 0 Å². The van der Waals surface area contributed by atoms with Gasteiger partial charge in [-0.05, 0) is 6.42 Å². The zero-order valence-electron chi connectivity index (χ0n) is 6.71. The topological polar surface area (TPSA) is 59.9 Å². The van der Waals surface area contributed by atoms with E-state index >= 15 is 0 Å². The van der Waals surface area contributed by atoms with Crippen LogP contribution in [-0.4, -0.2) is 35.4 Å². The van der Waals surface area contributed by atoms with Crippen LogP contribution in [0.15, 0.2) is 9.85 Å². The van der Waals surface area contributed by atoms with Gasteiger partial charge >= 0.3 is 0 Å². The van der Waals surface area contributed by atoms with Crippen molar-refractivity contribution in [3.05, 3.63) is 5.51 Å². The smallest absolute Gasteiger partial charge is 0.174 e. The van der Waals surface area contributed by atoms with Crippen molar-refractivity contribution in [3.8, 4) is 0 Å². The molecule has 0 amide bonds. The number of thioether (sulfide) groups is 1. The van der Waals surface area contributed by atoms with E-state index in [1.807, 2.05) is 0 Å². The average molecular weight is 236 g/mol. The maximum Gasteiger partial charge on any atom is 0.174 e. The fourth-order valence-corrected chi connectivity index (χ4v) is 5.45. The Hall–Kier alpha value is -0.140. The average Bonchev–Trinajstić information content (AvgIpc) is 2.61. The Morgan fingerprint density at radius 2 is 2.46 bits per heavy atom. The molecule has 0 bridgehead atoms. The van der Waals surface area contributed by atoms with Gasteiger partial charge in [-0.2, -0.15) is 0 Å². The fraction of sp³-hybridized carbons (Fsp3) is 0.667. The van der Waals surface area contributed by atoms with E-state index in [1.165, 1.54) is 23.1 Å².